The van der Waals surface area contributed by atoms with Crippen LogP contribution in [0.5, 0.6) is 0 Å². The minimum Gasteiger partial charge on any atom is -0.480 e. The first-order chi connectivity index (χ1) is 12.6. The average Bonchev–Trinajstić information content (AvgIpc) is 3.09. The van der Waals surface area contributed by atoms with Crippen molar-refractivity contribution in [3.05, 3.63) is 0 Å². The van der Waals surface area contributed by atoms with Crippen LogP contribution in [0, 0.1) is 0 Å². The quantitative estimate of drug-likeness (QED) is 0.224. The number of carbonyl (C=O) groups is 5. The third-order valence-corrected chi connectivity index (χ3v) is 4.52. The molecule has 0 bridgehead atoms. The highest BCUT2D eigenvalue weighted by atomic mass is 32.1. The number of carboxylic acids is 1. The summed E-state index contributed by atoms with van der Waals surface area (Å²) >= 11 is 3.89. The second kappa shape index (κ2) is 10.1. The Bertz CT molecular complexity index is 616. The Morgan fingerprint density at radius 2 is 1.85 bits per heavy atom. The van der Waals surface area contributed by atoms with Crippen LogP contribution in [0.1, 0.15) is 26.2 Å². The third kappa shape index (κ3) is 6.40. The fraction of sp³-hybridized carbons (Fsp3) is 0.667. The molecular weight excluding hydrogens is 378 g/mol. The van der Waals surface area contributed by atoms with Gasteiger partial charge in [0.05, 0.1) is 12.5 Å². The minimum atomic E-state index is -1.33. The molecule has 0 aromatic carbocycles. The number of rotatable bonds is 9. The van der Waals surface area contributed by atoms with Gasteiger partial charge in [-0.25, -0.2) is 4.79 Å². The molecule has 1 rings (SSSR count). The molecule has 4 amide bonds. The maximum atomic E-state index is 12.7. The third-order valence-electron chi connectivity index (χ3n) is 4.13. The molecule has 7 N–H and O–H groups in total. The number of primary amides is 1. The van der Waals surface area contributed by atoms with Crippen molar-refractivity contribution in [1.29, 1.82) is 0 Å². The minimum absolute atomic E-state index is 0.0779. The van der Waals surface area contributed by atoms with Gasteiger partial charge in [0, 0.05) is 12.3 Å². The van der Waals surface area contributed by atoms with E-state index >= 15 is 0 Å². The molecule has 0 saturated carbocycles. The molecule has 1 heterocycles. The number of nitrogens with two attached hydrogens (primary N) is 2. The Labute approximate surface area is 161 Å². The number of thiol groups is 1. The highest BCUT2D eigenvalue weighted by molar-refractivity contribution is 7.80. The van der Waals surface area contributed by atoms with E-state index in [2.05, 4.69) is 23.3 Å². The van der Waals surface area contributed by atoms with Crippen LogP contribution in [-0.2, 0) is 24.0 Å². The lowest BCUT2D eigenvalue weighted by molar-refractivity contribution is -0.149. The molecule has 1 aliphatic heterocycles. The van der Waals surface area contributed by atoms with E-state index in [9.17, 15) is 29.1 Å². The molecule has 4 unspecified atom stereocenters. The molecule has 0 spiro atoms. The Morgan fingerprint density at radius 1 is 1.22 bits per heavy atom. The molecule has 1 aliphatic rings. The Morgan fingerprint density at radius 3 is 2.37 bits per heavy atom. The zero-order chi connectivity index (χ0) is 20.7. The lowest BCUT2D eigenvalue weighted by Crippen LogP contribution is -2.57. The van der Waals surface area contributed by atoms with E-state index in [-0.39, 0.29) is 18.7 Å². The lowest BCUT2D eigenvalue weighted by atomic mass is 10.1. The van der Waals surface area contributed by atoms with Crippen LogP contribution in [0.3, 0.4) is 0 Å². The summed E-state index contributed by atoms with van der Waals surface area (Å²) in [6.45, 7) is 1.57. The second-order valence-electron chi connectivity index (χ2n) is 6.28. The van der Waals surface area contributed by atoms with Gasteiger partial charge in [-0.05, 0) is 19.8 Å². The predicted octanol–water partition coefficient (Wildman–Crippen LogP) is -2.82. The van der Waals surface area contributed by atoms with Gasteiger partial charge >= 0.3 is 5.97 Å². The first-order valence-corrected chi connectivity index (χ1v) is 9.00. The Balaban J connectivity index is 2.83. The van der Waals surface area contributed by atoms with Gasteiger partial charge in [0.15, 0.2) is 0 Å². The van der Waals surface area contributed by atoms with E-state index in [0.717, 1.165) is 4.90 Å². The number of nitrogens with one attached hydrogen (secondary N) is 2. The topological polar surface area (TPSA) is 185 Å². The SMILES string of the molecule is CC(NC(=O)C(N)CS)C(=O)NC(CC(N)=O)C(=O)N1CCCC1C(=O)O. The van der Waals surface area contributed by atoms with Gasteiger partial charge in [0.1, 0.15) is 18.1 Å². The van der Waals surface area contributed by atoms with Crippen molar-refractivity contribution in [3.8, 4) is 0 Å². The van der Waals surface area contributed by atoms with Gasteiger partial charge in [-0.3, -0.25) is 19.2 Å². The van der Waals surface area contributed by atoms with E-state index in [1.165, 1.54) is 6.92 Å². The largest absolute Gasteiger partial charge is 0.480 e. The van der Waals surface area contributed by atoms with E-state index in [1.807, 2.05) is 0 Å². The number of amides is 4. The molecule has 0 aromatic heterocycles. The summed E-state index contributed by atoms with van der Waals surface area (Å²) < 4.78 is 0. The summed E-state index contributed by atoms with van der Waals surface area (Å²) in [5.41, 5.74) is 10.7. The molecule has 1 fully saturated rings. The van der Waals surface area contributed by atoms with Gasteiger partial charge < -0.3 is 32.1 Å². The molecule has 0 aliphatic carbocycles. The number of hydrogen-bond acceptors (Lipinski definition) is 7. The molecule has 152 valence electrons. The maximum absolute atomic E-state index is 12.7. The molecule has 4 atom stereocenters. The van der Waals surface area contributed by atoms with Crippen molar-refractivity contribution >= 4 is 42.2 Å². The van der Waals surface area contributed by atoms with Gasteiger partial charge in [0.2, 0.25) is 23.6 Å². The number of nitrogens with zero attached hydrogens (tertiary/aromatic N) is 1. The van der Waals surface area contributed by atoms with Crippen molar-refractivity contribution in [1.82, 2.24) is 15.5 Å². The van der Waals surface area contributed by atoms with Crippen LogP contribution >= 0.6 is 12.6 Å². The standard InChI is InChI=1S/C15H25N5O6S/c1-7(18-13(23)8(16)6-27)12(22)19-9(5-11(17)21)14(24)20-4-2-3-10(20)15(25)26/h7-10,27H,2-6,16H2,1H3,(H2,17,21)(H,18,23)(H,19,22)(H,25,26). The average molecular weight is 403 g/mol. The van der Waals surface area contributed by atoms with E-state index in [4.69, 9.17) is 11.5 Å². The van der Waals surface area contributed by atoms with Crippen LogP contribution in [0.15, 0.2) is 0 Å². The first kappa shape index (κ1) is 22.7. The van der Waals surface area contributed by atoms with Crippen molar-refractivity contribution in [2.24, 2.45) is 11.5 Å². The number of aliphatic carboxylic acids is 1. The zero-order valence-electron chi connectivity index (χ0n) is 14.9. The van der Waals surface area contributed by atoms with Crippen molar-refractivity contribution < 1.29 is 29.1 Å². The molecule has 11 nitrogen and oxygen atoms in total. The molecule has 0 aromatic rings. The monoisotopic (exact) mass is 403 g/mol. The predicted molar refractivity (Wildman–Crippen MR) is 97.5 cm³/mol. The maximum Gasteiger partial charge on any atom is 0.326 e. The number of carbonyl (C=O) groups excluding carboxylic acids is 4. The van der Waals surface area contributed by atoms with Crippen LogP contribution in [0.2, 0.25) is 0 Å². The van der Waals surface area contributed by atoms with Gasteiger partial charge in [-0.2, -0.15) is 12.6 Å². The number of hydrogen-bond donors (Lipinski definition) is 6. The molecule has 0 radical (unpaired) electrons. The zero-order valence-corrected chi connectivity index (χ0v) is 15.8. The molecule has 1 saturated heterocycles. The fourth-order valence-corrected chi connectivity index (χ4v) is 2.82. The summed E-state index contributed by atoms with van der Waals surface area (Å²) in [5, 5.41) is 13.9. The summed E-state index contributed by atoms with van der Waals surface area (Å²) in [7, 11) is 0. The molecule has 12 heteroatoms. The summed E-state index contributed by atoms with van der Waals surface area (Å²) in [6.07, 6.45) is 0.282. The molecule has 27 heavy (non-hydrogen) atoms. The fourth-order valence-electron chi connectivity index (χ4n) is 2.65. The summed E-state index contributed by atoms with van der Waals surface area (Å²) in [6, 6.07) is -4.30. The van der Waals surface area contributed by atoms with Crippen molar-refractivity contribution in [2.75, 3.05) is 12.3 Å². The Hall–Kier alpha value is -2.34. The van der Waals surface area contributed by atoms with Crippen molar-refractivity contribution in [2.45, 2.75) is 50.4 Å². The molecular formula is C15H25N5O6S. The van der Waals surface area contributed by atoms with Crippen LogP contribution in [0.4, 0.5) is 0 Å². The number of carboxylic acid groups (broad SMARTS) is 1. The van der Waals surface area contributed by atoms with E-state index in [1.54, 1.807) is 0 Å². The normalized spacial score (nSPS) is 19.7. The number of likely N-dealkylation sites (tertiary alicyclic amines) is 1. The van der Waals surface area contributed by atoms with Crippen molar-refractivity contribution in [3.63, 3.8) is 0 Å². The highest BCUT2D eigenvalue weighted by Crippen LogP contribution is 2.19. The first-order valence-electron chi connectivity index (χ1n) is 8.37. The van der Waals surface area contributed by atoms with Crippen LogP contribution < -0.4 is 22.1 Å². The van der Waals surface area contributed by atoms with E-state index in [0.29, 0.717) is 6.42 Å². The van der Waals surface area contributed by atoms with Crippen LogP contribution in [-0.4, -0.2) is 76.1 Å². The van der Waals surface area contributed by atoms with Crippen LogP contribution in [0.25, 0.3) is 0 Å². The second-order valence-corrected chi connectivity index (χ2v) is 6.64. The highest BCUT2D eigenvalue weighted by Gasteiger charge is 2.38. The summed E-state index contributed by atoms with van der Waals surface area (Å²) in [5.74, 6) is -3.97. The van der Waals surface area contributed by atoms with Gasteiger partial charge in [-0.1, -0.05) is 0 Å². The van der Waals surface area contributed by atoms with Gasteiger partial charge in [-0.15, -0.1) is 0 Å². The van der Waals surface area contributed by atoms with E-state index < -0.39 is 60.2 Å². The van der Waals surface area contributed by atoms with Gasteiger partial charge in [0.25, 0.3) is 0 Å². The Kier molecular flexibility index (Phi) is 8.50. The lowest BCUT2D eigenvalue weighted by Gasteiger charge is -2.27. The summed E-state index contributed by atoms with van der Waals surface area (Å²) in [4.78, 5) is 60.3. The smallest absolute Gasteiger partial charge is 0.326 e.